The minimum Gasteiger partial charge on any atom is -0.383 e. The van der Waals surface area contributed by atoms with E-state index < -0.39 is 0 Å². The van der Waals surface area contributed by atoms with Crippen LogP contribution in [0.4, 0.5) is 0 Å². The Morgan fingerprint density at radius 1 is 1.65 bits per heavy atom. The lowest BCUT2D eigenvalue weighted by molar-refractivity contribution is 0.204. The minimum atomic E-state index is 0.145. The molecular formula is C11H20N4OS. The second-order valence-corrected chi connectivity index (χ2v) is 4.37. The van der Waals surface area contributed by atoms with Crippen molar-refractivity contribution in [2.45, 2.75) is 19.9 Å². The van der Waals surface area contributed by atoms with Crippen LogP contribution in [0, 0.1) is 6.92 Å². The molecule has 0 aromatic carbocycles. The second-order valence-electron chi connectivity index (χ2n) is 3.96. The van der Waals surface area contributed by atoms with Crippen LogP contribution in [0.3, 0.4) is 0 Å². The Morgan fingerprint density at radius 3 is 2.88 bits per heavy atom. The average molecular weight is 256 g/mol. The highest BCUT2D eigenvalue weighted by molar-refractivity contribution is 7.80. The van der Waals surface area contributed by atoms with Gasteiger partial charge in [0.1, 0.15) is 0 Å². The van der Waals surface area contributed by atoms with Crippen molar-refractivity contribution >= 4 is 17.3 Å². The van der Waals surface area contributed by atoms with Crippen LogP contribution in [-0.4, -0.2) is 35.2 Å². The number of nitrogens with zero attached hydrogens (tertiary/aromatic N) is 2. The molecule has 0 aliphatic heterocycles. The van der Waals surface area contributed by atoms with Crippen LogP contribution in [-0.2, 0) is 11.8 Å². The molecule has 5 nitrogen and oxygen atoms in total. The molecule has 0 aliphatic rings. The fourth-order valence-corrected chi connectivity index (χ4v) is 1.91. The van der Waals surface area contributed by atoms with Crippen molar-refractivity contribution in [3.05, 3.63) is 17.5 Å². The smallest absolute Gasteiger partial charge is 0.166 e. The van der Waals surface area contributed by atoms with E-state index in [1.165, 1.54) is 0 Å². The van der Waals surface area contributed by atoms with Crippen LogP contribution in [0.15, 0.2) is 6.20 Å². The van der Waals surface area contributed by atoms with Gasteiger partial charge in [0, 0.05) is 32.5 Å². The normalized spacial score (nSPS) is 12.2. The topological polar surface area (TPSA) is 51.1 Å². The summed E-state index contributed by atoms with van der Waals surface area (Å²) in [7, 11) is 3.58. The van der Waals surface area contributed by atoms with E-state index in [4.69, 9.17) is 17.0 Å². The van der Waals surface area contributed by atoms with Gasteiger partial charge < -0.3 is 15.4 Å². The fourth-order valence-electron chi connectivity index (χ4n) is 1.64. The highest BCUT2D eigenvalue weighted by atomic mass is 32.1. The maximum absolute atomic E-state index is 5.19. The molecule has 0 spiro atoms. The Balaban J connectivity index is 2.46. The Bertz CT molecular complexity index is 378. The van der Waals surface area contributed by atoms with Gasteiger partial charge in [-0.15, -0.1) is 0 Å². The first-order valence-electron chi connectivity index (χ1n) is 5.58. The van der Waals surface area contributed by atoms with Gasteiger partial charge in [-0.25, -0.2) is 0 Å². The number of hydrogen-bond acceptors (Lipinski definition) is 3. The van der Waals surface area contributed by atoms with E-state index in [1.54, 1.807) is 7.11 Å². The van der Waals surface area contributed by atoms with E-state index in [-0.39, 0.29) is 6.04 Å². The van der Waals surface area contributed by atoms with Crippen molar-refractivity contribution in [1.82, 2.24) is 20.4 Å². The number of rotatable bonds is 5. The van der Waals surface area contributed by atoms with Crippen LogP contribution in [0.1, 0.15) is 24.2 Å². The molecular weight excluding hydrogens is 236 g/mol. The van der Waals surface area contributed by atoms with Crippen LogP contribution < -0.4 is 10.6 Å². The first kappa shape index (κ1) is 13.9. The van der Waals surface area contributed by atoms with Crippen molar-refractivity contribution in [3.8, 4) is 0 Å². The van der Waals surface area contributed by atoms with E-state index in [0.717, 1.165) is 11.3 Å². The van der Waals surface area contributed by atoms with Crippen LogP contribution in [0.25, 0.3) is 0 Å². The quantitative estimate of drug-likeness (QED) is 0.605. The molecule has 17 heavy (non-hydrogen) atoms. The number of nitrogens with one attached hydrogen (secondary N) is 2. The van der Waals surface area contributed by atoms with Crippen LogP contribution >= 0.6 is 12.2 Å². The van der Waals surface area contributed by atoms with Crippen molar-refractivity contribution in [2.75, 3.05) is 20.3 Å². The zero-order valence-electron chi connectivity index (χ0n) is 10.8. The van der Waals surface area contributed by atoms with Gasteiger partial charge in [0.15, 0.2) is 5.11 Å². The summed E-state index contributed by atoms with van der Waals surface area (Å²) in [4.78, 5) is 0. The van der Waals surface area contributed by atoms with Gasteiger partial charge in [0.2, 0.25) is 0 Å². The van der Waals surface area contributed by atoms with Crippen molar-refractivity contribution < 1.29 is 4.74 Å². The molecule has 96 valence electrons. The Hall–Kier alpha value is -1.14. The van der Waals surface area contributed by atoms with Crippen molar-refractivity contribution in [2.24, 2.45) is 7.05 Å². The summed E-state index contributed by atoms with van der Waals surface area (Å²) in [6.45, 7) is 5.41. The lowest BCUT2D eigenvalue weighted by Crippen LogP contribution is -2.38. The third kappa shape index (κ3) is 4.32. The molecule has 0 fully saturated rings. The molecule has 0 amide bonds. The lowest BCUT2D eigenvalue weighted by atomic mass is 10.1. The van der Waals surface area contributed by atoms with Gasteiger partial charge in [0.05, 0.1) is 18.3 Å². The molecule has 0 bridgehead atoms. The lowest BCUT2D eigenvalue weighted by Gasteiger charge is -2.16. The number of aromatic nitrogens is 2. The molecule has 1 aromatic heterocycles. The Labute approximate surface area is 108 Å². The zero-order valence-corrected chi connectivity index (χ0v) is 11.6. The summed E-state index contributed by atoms with van der Waals surface area (Å²) >= 11 is 5.19. The maximum atomic E-state index is 5.19. The van der Waals surface area contributed by atoms with Gasteiger partial charge in [-0.2, -0.15) is 5.10 Å². The summed E-state index contributed by atoms with van der Waals surface area (Å²) in [6.07, 6.45) is 2.00. The molecule has 2 N–H and O–H groups in total. The van der Waals surface area contributed by atoms with Crippen LogP contribution in [0.2, 0.25) is 0 Å². The first-order valence-corrected chi connectivity index (χ1v) is 5.99. The van der Waals surface area contributed by atoms with E-state index in [9.17, 15) is 0 Å². The van der Waals surface area contributed by atoms with Gasteiger partial charge in [-0.1, -0.05) is 0 Å². The number of thiocarbonyl (C=S) groups is 1. The first-order chi connectivity index (χ1) is 8.04. The zero-order chi connectivity index (χ0) is 12.8. The number of hydrogen-bond donors (Lipinski definition) is 2. The fraction of sp³-hybridized carbons (Fsp3) is 0.636. The molecule has 1 heterocycles. The van der Waals surface area contributed by atoms with Crippen LogP contribution in [0.5, 0.6) is 0 Å². The van der Waals surface area contributed by atoms with Gasteiger partial charge in [-0.3, -0.25) is 4.68 Å². The molecule has 1 unspecified atom stereocenters. The van der Waals surface area contributed by atoms with E-state index in [1.807, 2.05) is 24.9 Å². The maximum Gasteiger partial charge on any atom is 0.166 e. The minimum absolute atomic E-state index is 0.145. The molecule has 0 aliphatic carbocycles. The Kier molecular flexibility index (Phi) is 5.37. The molecule has 0 saturated carbocycles. The standard InChI is InChI=1S/C11H20N4OS/c1-8(10-7-15(3)14-9(10)2)13-11(17)12-5-6-16-4/h7-8H,5-6H2,1-4H3,(H2,12,13,17). The second kappa shape index (κ2) is 6.56. The van der Waals surface area contributed by atoms with Gasteiger partial charge in [0.25, 0.3) is 0 Å². The van der Waals surface area contributed by atoms with E-state index in [2.05, 4.69) is 22.7 Å². The summed E-state index contributed by atoms with van der Waals surface area (Å²) in [5, 5.41) is 11.2. The monoisotopic (exact) mass is 256 g/mol. The largest absolute Gasteiger partial charge is 0.383 e. The average Bonchev–Trinajstić information content (AvgIpc) is 2.58. The predicted molar refractivity (Wildman–Crippen MR) is 72.0 cm³/mol. The van der Waals surface area contributed by atoms with Crippen molar-refractivity contribution in [3.63, 3.8) is 0 Å². The van der Waals surface area contributed by atoms with Crippen molar-refractivity contribution in [1.29, 1.82) is 0 Å². The molecule has 1 rings (SSSR count). The summed E-state index contributed by atoms with van der Waals surface area (Å²) in [6, 6.07) is 0.145. The van der Waals surface area contributed by atoms with Gasteiger partial charge in [-0.05, 0) is 26.1 Å². The van der Waals surface area contributed by atoms with E-state index in [0.29, 0.717) is 18.3 Å². The summed E-state index contributed by atoms with van der Waals surface area (Å²) < 4.78 is 6.75. The van der Waals surface area contributed by atoms with Gasteiger partial charge >= 0.3 is 0 Å². The summed E-state index contributed by atoms with van der Waals surface area (Å²) in [5.74, 6) is 0. The third-order valence-corrected chi connectivity index (χ3v) is 2.72. The molecule has 6 heteroatoms. The molecule has 0 radical (unpaired) electrons. The Morgan fingerprint density at radius 2 is 2.35 bits per heavy atom. The number of methoxy groups -OCH3 is 1. The van der Waals surface area contributed by atoms with E-state index >= 15 is 0 Å². The predicted octanol–water partition coefficient (Wildman–Crippen LogP) is 0.900. The summed E-state index contributed by atoms with van der Waals surface area (Å²) in [5.41, 5.74) is 2.18. The SMILES string of the molecule is COCCNC(=S)NC(C)c1cn(C)nc1C. The third-order valence-electron chi connectivity index (χ3n) is 2.46. The number of ether oxygens (including phenoxy) is 1. The number of aryl methyl sites for hydroxylation is 2. The molecule has 1 aromatic rings. The highest BCUT2D eigenvalue weighted by Crippen LogP contribution is 2.14. The molecule has 1 atom stereocenters. The highest BCUT2D eigenvalue weighted by Gasteiger charge is 2.12. The molecule has 0 saturated heterocycles.